The maximum atomic E-state index is 13.6. The summed E-state index contributed by atoms with van der Waals surface area (Å²) in [5, 5.41) is 2.76. The summed E-state index contributed by atoms with van der Waals surface area (Å²) in [6.07, 6.45) is 2.14. The van der Waals surface area contributed by atoms with Gasteiger partial charge in [0.15, 0.2) is 0 Å². The number of likely N-dealkylation sites (N-methyl/N-ethyl adjacent to an activating group) is 1. The molecular weight excluding hydrogens is 536 g/mol. The third kappa shape index (κ3) is 7.27. The maximum absolute atomic E-state index is 13.6. The van der Waals surface area contributed by atoms with Crippen LogP contribution in [0, 0.1) is 29.6 Å². The van der Waals surface area contributed by atoms with E-state index < -0.39 is 23.5 Å². The Bertz CT molecular complexity index is 1360. The van der Waals surface area contributed by atoms with Crippen LogP contribution < -0.4 is 20.9 Å². The zero-order valence-electron chi connectivity index (χ0n) is 22.3. The van der Waals surface area contributed by atoms with Crippen LogP contribution in [0.1, 0.15) is 41.0 Å². The van der Waals surface area contributed by atoms with E-state index >= 15 is 0 Å². The number of carbonyl (C=O) groups excluding carboxylic acids is 1. The predicted octanol–water partition coefficient (Wildman–Crippen LogP) is 2.28. The van der Waals surface area contributed by atoms with E-state index in [0.717, 1.165) is 39.0 Å². The summed E-state index contributed by atoms with van der Waals surface area (Å²) in [5.74, 6) is 12.9. The zero-order chi connectivity index (χ0) is 28.1. The number of hydrogen-bond acceptors (Lipinski definition) is 9. The van der Waals surface area contributed by atoms with Crippen molar-refractivity contribution in [3.63, 3.8) is 0 Å². The fourth-order valence-corrected chi connectivity index (χ4v) is 5.10. The minimum absolute atomic E-state index is 0.157. The standard InChI is InChI=1S/C28H31F2N7O2S/c1-36-10-12-37(13-11-36)9-3-4-19-14-20(21-15-23(26(29)30)32-17-24(21)39-2)22(16-31-19)27(38)33-28-35-34-25(40-28)8-7-18-5-6-18/h14-18,25-26,28,34-35H,5-6,9-13H2,1-2H3,(H,33,38). The zero-order valence-corrected chi connectivity index (χ0v) is 23.2. The highest BCUT2D eigenvalue weighted by Crippen LogP contribution is 2.35. The largest absolute Gasteiger partial charge is 0.494 e. The van der Waals surface area contributed by atoms with Gasteiger partial charge in [0.05, 0.1) is 25.4 Å². The van der Waals surface area contributed by atoms with E-state index in [1.165, 1.54) is 37.3 Å². The number of halogens is 2. The smallest absolute Gasteiger partial charge is 0.280 e. The van der Waals surface area contributed by atoms with Crippen LogP contribution in [0.15, 0.2) is 24.5 Å². The fourth-order valence-electron chi connectivity index (χ4n) is 4.24. The molecular formula is C28H31F2N7O2S. The SMILES string of the molecule is COc1cnc(C(F)F)cc1-c1cc(C#CCN2CCN(C)CC2)ncc1C(=O)NC1NNC(C#CC2CC2)S1. The molecule has 2 aliphatic heterocycles. The van der Waals surface area contributed by atoms with Crippen molar-refractivity contribution >= 4 is 17.7 Å². The number of amides is 1. The van der Waals surface area contributed by atoms with Crippen LogP contribution in [-0.4, -0.2) is 83.4 Å². The summed E-state index contributed by atoms with van der Waals surface area (Å²) in [5.41, 5.74) is 6.52. The molecule has 0 bridgehead atoms. The van der Waals surface area contributed by atoms with Crippen molar-refractivity contribution in [1.29, 1.82) is 0 Å². The lowest BCUT2D eigenvalue weighted by atomic mass is 9.99. The highest BCUT2D eigenvalue weighted by molar-refractivity contribution is 8.00. The van der Waals surface area contributed by atoms with Gasteiger partial charge in [-0.05, 0) is 37.9 Å². The van der Waals surface area contributed by atoms with E-state index in [9.17, 15) is 13.6 Å². The number of nitrogens with zero attached hydrogens (tertiary/aromatic N) is 4. The van der Waals surface area contributed by atoms with Crippen LogP contribution in [0.4, 0.5) is 8.78 Å². The van der Waals surface area contributed by atoms with Gasteiger partial charge >= 0.3 is 0 Å². The van der Waals surface area contributed by atoms with E-state index in [-0.39, 0.29) is 16.7 Å². The molecule has 40 heavy (non-hydrogen) atoms. The molecule has 2 atom stereocenters. The number of nitrogens with one attached hydrogen (secondary N) is 3. The minimum atomic E-state index is -2.79. The summed E-state index contributed by atoms with van der Waals surface area (Å²) in [6.45, 7) is 4.42. The van der Waals surface area contributed by atoms with Gasteiger partial charge in [-0.15, -0.1) is 0 Å². The normalized spacial score (nSPS) is 21.3. The Morgan fingerprint density at radius 2 is 1.95 bits per heavy atom. The first-order valence-corrected chi connectivity index (χ1v) is 14.0. The molecule has 0 radical (unpaired) electrons. The second-order valence-electron chi connectivity index (χ2n) is 9.83. The topological polar surface area (TPSA) is 94.7 Å². The van der Waals surface area contributed by atoms with Crippen molar-refractivity contribution in [2.45, 2.75) is 30.1 Å². The molecule has 2 saturated heterocycles. The van der Waals surface area contributed by atoms with Gasteiger partial charge in [-0.1, -0.05) is 29.5 Å². The summed E-state index contributed by atoms with van der Waals surface area (Å²) in [4.78, 5) is 26.2. The van der Waals surface area contributed by atoms with Crippen LogP contribution in [-0.2, 0) is 0 Å². The summed E-state index contributed by atoms with van der Waals surface area (Å²) in [7, 11) is 3.52. The first-order chi connectivity index (χ1) is 19.4. The van der Waals surface area contributed by atoms with Crippen LogP contribution >= 0.6 is 11.8 Å². The minimum Gasteiger partial charge on any atom is -0.494 e. The molecule has 3 aliphatic rings. The van der Waals surface area contributed by atoms with Gasteiger partial charge in [-0.2, -0.15) is 0 Å². The number of piperazine rings is 1. The first kappa shape index (κ1) is 28.3. The predicted molar refractivity (Wildman–Crippen MR) is 149 cm³/mol. The summed E-state index contributed by atoms with van der Waals surface area (Å²) >= 11 is 1.43. The van der Waals surface area contributed by atoms with Gasteiger partial charge in [0.25, 0.3) is 12.3 Å². The molecule has 12 heteroatoms. The lowest BCUT2D eigenvalue weighted by Gasteiger charge is -2.30. The van der Waals surface area contributed by atoms with Crippen molar-refractivity contribution in [2.75, 3.05) is 46.9 Å². The van der Waals surface area contributed by atoms with Crippen LogP contribution in [0.5, 0.6) is 5.75 Å². The van der Waals surface area contributed by atoms with E-state index in [1.807, 2.05) is 0 Å². The number of rotatable bonds is 6. The van der Waals surface area contributed by atoms with Crippen molar-refractivity contribution in [2.24, 2.45) is 5.92 Å². The van der Waals surface area contributed by atoms with Crippen molar-refractivity contribution in [3.05, 3.63) is 41.5 Å². The van der Waals surface area contributed by atoms with Gasteiger partial charge in [0.2, 0.25) is 0 Å². The van der Waals surface area contributed by atoms with Crippen LogP contribution in [0.2, 0.25) is 0 Å². The Morgan fingerprint density at radius 1 is 1.15 bits per heavy atom. The molecule has 2 unspecified atom stereocenters. The molecule has 4 heterocycles. The summed E-state index contributed by atoms with van der Waals surface area (Å²) in [6, 6.07) is 2.88. The number of methoxy groups -OCH3 is 1. The number of pyridine rings is 2. The molecule has 1 saturated carbocycles. The number of ether oxygens (including phenoxy) is 1. The molecule has 0 spiro atoms. The highest BCUT2D eigenvalue weighted by atomic mass is 32.2. The van der Waals surface area contributed by atoms with Crippen LogP contribution in [0.25, 0.3) is 11.1 Å². The lowest BCUT2D eigenvalue weighted by Crippen LogP contribution is -2.44. The Morgan fingerprint density at radius 3 is 2.67 bits per heavy atom. The third-order valence-corrected chi connectivity index (χ3v) is 7.78. The molecule has 1 amide bonds. The number of thioether (sulfide) groups is 1. The molecule has 5 rings (SSSR count). The Balaban J connectivity index is 1.40. The number of alkyl halides is 2. The number of carbonyl (C=O) groups is 1. The number of hydrogen-bond donors (Lipinski definition) is 3. The highest BCUT2D eigenvalue weighted by Gasteiger charge is 2.27. The molecule has 1 aliphatic carbocycles. The quantitative estimate of drug-likeness (QED) is 0.455. The third-order valence-electron chi connectivity index (χ3n) is 6.76. The molecule has 9 nitrogen and oxygen atoms in total. The van der Waals surface area contributed by atoms with Crippen molar-refractivity contribution < 1.29 is 18.3 Å². The Hall–Kier alpha value is -3.26. The van der Waals surface area contributed by atoms with Gasteiger partial charge in [-0.3, -0.25) is 14.7 Å². The Labute approximate surface area is 236 Å². The monoisotopic (exact) mass is 567 g/mol. The van der Waals surface area contributed by atoms with Crippen molar-refractivity contribution in [1.82, 2.24) is 35.9 Å². The fraction of sp³-hybridized carbons (Fsp3) is 0.464. The van der Waals surface area contributed by atoms with E-state index in [2.05, 4.69) is 66.7 Å². The second-order valence-corrected chi connectivity index (χ2v) is 11.0. The van der Waals surface area contributed by atoms with Gasteiger partial charge in [0, 0.05) is 49.4 Å². The van der Waals surface area contributed by atoms with Crippen molar-refractivity contribution in [3.8, 4) is 40.6 Å². The Kier molecular flexibility index (Phi) is 9.15. The molecule has 3 N–H and O–H groups in total. The number of hydrazine groups is 1. The van der Waals surface area contributed by atoms with Crippen LogP contribution in [0.3, 0.4) is 0 Å². The maximum Gasteiger partial charge on any atom is 0.280 e. The van der Waals surface area contributed by atoms with Gasteiger partial charge < -0.3 is 15.0 Å². The lowest BCUT2D eigenvalue weighted by molar-refractivity contribution is 0.0945. The van der Waals surface area contributed by atoms with Gasteiger partial charge in [-0.25, -0.2) is 24.6 Å². The number of aromatic nitrogens is 2. The first-order valence-electron chi connectivity index (χ1n) is 13.1. The van der Waals surface area contributed by atoms with E-state index in [1.54, 1.807) is 6.07 Å². The molecule has 210 valence electrons. The average Bonchev–Trinajstić information content (AvgIpc) is 3.69. The molecule has 3 fully saturated rings. The average molecular weight is 568 g/mol. The van der Waals surface area contributed by atoms with E-state index in [0.29, 0.717) is 29.3 Å². The molecule has 2 aromatic rings. The second kappa shape index (κ2) is 12.9. The summed E-state index contributed by atoms with van der Waals surface area (Å²) < 4.78 is 32.6. The molecule has 2 aromatic heterocycles. The van der Waals surface area contributed by atoms with Gasteiger partial charge in [0.1, 0.15) is 28.0 Å². The molecule has 0 aromatic carbocycles. The van der Waals surface area contributed by atoms with E-state index in [4.69, 9.17) is 4.74 Å².